The second-order valence-electron chi connectivity index (χ2n) is 5.88. The number of nitrogens with one attached hydrogen (secondary N) is 1. The predicted octanol–water partition coefficient (Wildman–Crippen LogP) is 3.05. The Morgan fingerprint density at radius 2 is 2.00 bits per heavy atom. The summed E-state index contributed by atoms with van der Waals surface area (Å²) < 4.78 is 38.7. The Bertz CT molecular complexity index is 927. The van der Waals surface area contributed by atoms with Crippen LogP contribution in [0.2, 0.25) is 5.02 Å². The number of nitrogens with zero attached hydrogens (tertiary/aromatic N) is 1. The van der Waals surface area contributed by atoms with E-state index in [1.807, 2.05) is 6.07 Å². The van der Waals surface area contributed by atoms with Gasteiger partial charge in [0, 0.05) is 18.8 Å². The lowest BCUT2D eigenvalue weighted by Crippen LogP contribution is -2.35. The summed E-state index contributed by atoms with van der Waals surface area (Å²) in [5.41, 5.74) is 2.08. The molecular weight excluding hydrogens is 367 g/mol. The highest BCUT2D eigenvalue weighted by molar-refractivity contribution is 7.88. The molecule has 132 valence electrons. The summed E-state index contributed by atoms with van der Waals surface area (Å²) in [5, 5.41) is 2.64. The lowest BCUT2D eigenvalue weighted by molar-refractivity contribution is 0.102. The summed E-state index contributed by atoms with van der Waals surface area (Å²) in [4.78, 5) is 12.3. The van der Waals surface area contributed by atoms with E-state index >= 15 is 0 Å². The predicted molar refractivity (Wildman–Crippen MR) is 94.8 cm³/mol. The Kier molecular flexibility index (Phi) is 4.81. The second-order valence-corrected chi connectivity index (χ2v) is 8.27. The molecule has 1 aliphatic rings. The first-order chi connectivity index (χ1) is 11.8. The van der Waals surface area contributed by atoms with Gasteiger partial charge in [-0.3, -0.25) is 4.79 Å². The summed E-state index contributed by atoms with van der Waals surface area (Å²) in [5.74, 6) is -1.36. The quantitative estimate of drug-likeness (QED) is 0.887. The monoisotopic (exact) mass is 382 g/mol. The van der Waals surface area contributed by atoms with Crippen LogP contribution in [-0.2, 0) is 23.0 Å². The molecule has 0 radical (unpaired) electrons. The van der Waals surface area contributed by atoms with Crippen LogP contribution in [0.15, 0.2) is 36.4 Å². The molecule has 3 rings (SSSR count). The highest BCUT2D eigenvalue weighted by Crippen LogP contribution is 2.25. The Labute approximate surface area is 150 Å². The zero-order valence-electron chi connectivity index (χ0n) is 13.4. The van der Waals surface area contributed by atoms with E-state index < -0.39 is 21.7 Å². The Balaban J connectivity index is 1.85. The Morgan fingerprint density at radius 3 is 2.68 bits per heavy atom. The standard InChI is InChI=1S/C17H16ClFN2O3S/c1-25(23,24)21-8-7-11-5-6-13(9-12(11)10-21)20-17(22)16-14(18)3-2-4-15(16)19/h2-6,9H,7-8,10H2,1H3,(H,20,22). The maximum Gasteiger partial charge on any atom is 0.260 e. The third kappa shape index (κ3) is 3.84. The van der Waals surface area contributed by atoms with Gasteiger partial charge in [0.1, 0.15) is 5.82 Å². The Morgan fingerprint density at radius 1 is 1.24 bits per heavy atom. The number of hydrogen-bond acceptors (Lipinski definition) is 3. The van der Waals surface area contributed by atoms with E-state index in [2.05, 4.69) is 5.32 Å². The van der Waals surface area contributed by atoms with Crippen LogP contribution in [0.3, 0.4) is 0 Å². The molecule has 25 heavy (non-hydrogen) atoms. The zero-order chi connectivity index (χ0) is 18.2. The molecule has 0 aromatic heterocycles. The molecule has 0 saturated heterocycles. The summed E-state index contributed by atoms with van der Waals surface area (Å²) in [6, 6.07) is 9.29. The molecule has 5 nitrogen and oxygen atoms in total. The largest absolute Gasteiger partial charge is 0.322 e. The lowest BCUT2D eigenvalue weighted by Gasteiger charge is -2.27. The van der Waals surface area contributed by atoms with Crippen molar-refractivity contribution in [2.75, 3.05) is 18.1 Å². The molecule has 8 heteroatoms. The zero-order valence-corrected chi connectivity index (χ0v) is 15.0. The number of halogens is 2. The molecule has 0 unspecified atom stereocenters. The van der Waals surface area contributed by atoms with E-state index in [4.69, 9.17) is 11.6 Å². The summed E-state index contributed by atoms with van der Waals surface area (Å²) in [6.45, 7) is 0.681. The first kappa shape index (κ1) is 17.8. The summed E-state index contributed by atoms with van der Waals surface area (Å²) >= 11 is 5.90. The second kappa shape index (κ2) is 6.74. The van der Waals surface area contributed by atoms with Crippen molar-refractivity contribution in [2.45, 2.75) is 13.0 Å². The van der Waals surface area contributed by atoms with Crippen molar-refractivity contribution < 1.29 is 17.6 Å². The van der Waals surface area contributed by atoms with Crippen LogP contribution >= 0.6 is 11.6 Å². The van der Waals surface area contributed by atoms with Crippen molar-refractivity contribution >= 4 is 33.2 Å². The number of hydrogen-bond donors (Lipinski definition) is 1. The molecule has 0 bridgehead atoms. The molecule has 2 aromatic rings. The van der Waals surface area contributed by atoms with Crippen molar-refractivity contribution in [1.29, 1.82) is 0 Å². The van der Waals surface area contributed by atoms with Gasteiger partial charge in [-0.15, -0.1) is 0 Å². The van der Waals surface area contributed by atoms with Gasteiger partial charge >= 0.3 is 0 Å². The van der Waals surface area contributed by atoms with E-state index in [0.29, 0.717) is 18.7 Å². The molecule has 1 aliphatic heterocycles. The van der Waals surface area contributed by atoms with Crippen molar-refractivity contribution in [2.24, 2.45) is 0 Å². The van der Waals surface area contributed by atoms with Crippen LogP contribution in [0.1, 0.15) is 21.5 Å². The van der Waals surface area contributed by atoms with Crippen LogP contribution < -0.4 is 5.32 Å². The number of carbonyl (C=O) groups is 1. The Hall–Kier alpha value is -1.96. The maximum atomic E-state index is 13.8. The van der Waals surface area contributed by atoms with Crippen LogP contribution in [0.25, 0.3) is 0 Å². The molecular formula is C17H16ClFN2O3S. The molecule has 2 aromatic carbocycles. The van der Waals surface area contributed by atoms with Gasteiger partial charge in [0.25, 0.3) is 5.91 Å². The molecule has 0 saturated carbocycles. The molecule has 0 aliphatic carbocycles. The smallest absolute Gasteiger partial charge is 0.260 e. The fourth-order valence-electron chi connectivity index (χ4n) is 2.80. The van der Waals surface area contributed by atoms with Gasteiger partial charge in [-0.2, -0.15) is 4.31 Å². The number of amides is 1. The number of carbonyl (C=O) groups excluding carboxylic acids is 1. The molecule has 1 N–H and O–H groups in total. The minimum Gasteiger partial charge on any atom is -0.322 e. The normalized spacial score (nSPS) is 14.8. The molecule has 1 amide bonds. The minimum absolute atomic E-state index is 0.0266. The van der Waals surface area contributed by atoms with Gasteiger partial charge in [0.2, 0.25) is 10.0 Å². The van der Waals surface area contributed by atoms with E-state index in [0.717, 1.165) is 17.2 Å². The fraction of sp³-hybridized carbons (Fsp3) is 0.235. The van der Waals surface area contributed by atoms with Crippen LogP contribution in [0.5, 0.6) is 0 Å². The van der Waals surface area contributed by atoms with Crippen molar-refractivity contribution in [1.82, 2.24) is 4.31 Å². The van der Waals surface area contributed by atoms with Crippen LogP contribution in [0.4, 0.5) is 10.1 Å². The van der Waals surface area contributed by atoms with Gasteiger partial charge in [-0.1, -0.05) is 23.7 Å². The number of benzene rings is 2. The van der Waals surface area contributed by atoms with E-state index in [9.17, 15) is 17.6 Å². The van der Waals surface area contributed by atoms with Gasteiger partial charge in [-0.25, -0.2) is 12.8 Å². The van der Waals surface area contributed by atoms with Crippen molar-refractivity contribution in [3.63, 3.8) is 0 Å². The number of fused-ring (bicyclic) bond motifs is 1. The lowest BCUT2D eigenvalue weighted by atomic mass is 10.0. The topological polar surface area (TPSA) is 66.5 Å². The van der Waals surface area contributed by atoms with Gasteiger partial charge in [0.05, 0.1) is 16.8 Å². The maximum absolute atomic E-state index is 13.8. The average molecular weight is 383 g/mol. The third-order valence-corrected chi connectivity index (χ3v) is 5.66. The first-order valence-corrected chi connectivity index (χ1v) is 9.80. The van der Waals surface area contributed by atoms with Crippen molar-refractivity contribution in [3.8, 4) is 0 Å². The fourth-order valence-corrected chi connectivity index (χ4v) is 3.85. The molecule has 0 fully saturated rings. The third-order valence-electron chi connectivity index (χ3n) is 4.10. The highest BCUT2D eigenvalue weighted by atomic mass is 35.5. The SMILES string of the molecule is CS(=O)(=O)N1CCc2ccc(NC(=O)c3c(F)cccc3Cl)cc2C1. The van der Waals surface area contributed by atoms with Gasteiger partial charge < -0.3 is 5.32 Å². The number of sulfonamides is 1. The highest BCUT2D eigenvalue weighted by Gasteiger charge is 2.23. The average Bonchev–Trinajstić information content (AvgIpc) is 2.53. The van der Waals surface area contributed by atoms with E-state index in [1.54, 1.807) is 12.1 Å². The van der Waals surface area contributed by atoms with Crippen LogP contribution in [-0.4, -0.2) is 31.4 Å². The minimum atomic E-state index is -3.28. The summed E-state index contributed by atoms with van der Waals surface area (Å²) in [7, 11) is -3.28. The van der Waals surface area contributed by atoms with Gasteiger partial charge in [-0.05, 0) is 41.8 Å². The molecule has 1 heterocycles. The first-order valence-electron chi connectivity index (χ1n) is 7.58. The summed E-state index contributed by atoms with van der Waals surface area (Å²) in [6.07, 6.45) is 1.78. The molecule has 0 spiro atoms. The van der Waals surface area contributed by atoms with Crippen LogP contribution in [0, 0.1) is 5.82 Å². The number of anilines is 1. The van der Waals surface area contributed by atoms with E-state index in [1.165, 1.54) is 22.7 Å². The van der Waals surface area contributed by atoms with E-state index in [-0.39, 0.29) is 17.1 Å². The van der Waals surface area contributed by atoms with Crippen molar-refractivity contribution in [3.05, 3.63) is 63.9 Å². The molecule has 0 atom stereocenters. The van der Waals surface area contributed by atoms with Gasteiger partial charge in [0.15, 0.2) is 0 Å². The number of rotatable bonds is 3.